The minimum atomic E-state index is -0.983. The highest BCUT2D eigenvalue weighted by atomic mass is 16.2. The van der Waals surface area contributed by atoms with Gasteiger partial charge in [-0.25, -0.2) is 4.79 Å². The van der Waals surface area contributed by atoms with E-state index in [1.165, 1.54) is 0 Å². The summed E-state index contributed by atoms with van der Waals surface area (Å²) in [6.07, 6.45) is 8.57. The van der Waals surface area contributed by atoms with Gasteiger partial charge in [0.05, 0.1) is 12.1 Å². The Morgan fingerprint density at radius 2 is 1.60 bits per heavy atom. The summed E-state index contributed by atoms with van der Waals surface area (Å²) in [7, 11) is 0. The summed E-state index contributed by atoms with van der Waals surface area (Å²) in [5.41, 5.74) is -1.04. The van der Waals surface area contributed by atoms with E-state index in [4.69, 9.17) is 0 Å². The van der Waals surface area contributed by atoms with E-state index in [2.05, 4.69) is 42.0 Å². The van der Waals surface area contributed by atoms with E-state index in [0.29, 0.717) is 45.4 Å². The fourth-order valence-corrected chi connectivity index (χ4v) is 8.64. The topological polar surface area (TPSA) is 157 Å². The number of likely N-dealkylation sites (tertiary alicyclic amines) is 2. The van der Waals surface area contributed by atoms with Gasteiger partial charge in [0.25, 0.3) is 5.91 Å². The third-order valence-corrected chi connectivity index (χ3v) is 12.2. The Hall–Kier alpha value is -3.18. The third-order valence-electron chi connectivity index (χ3n) is 12.2. The van der Waals surface area contributed by atoms with Gasteiger partial charge in [0.2, 0.25) is 23.5 Å². The van der Waals surface area contributed by atoms with Crippen molar-refractivity contribution in [1.82, 2.24) is 31.1 Å². The van der Waals surface area contributed by atoms with Crippen molar-refractivity contribution >= 4 is 35.4 Å². The fraction of sp³-hybridized carbons (Fsp3) is 0.842. The van der Waals surface area contributed by atoms with Gasteiger partial charge in [-0.1, -0.05) is 80.6 Å². The Balaban J connectivity index is 1.58. The number of fused-ring (bicyclic) bond motifs is 1. The van der Waals surface area contributed by atoms with E-state index in [1.807, 2.05) is 32.6 Å². The molecule has 12 nitrogen and oxygen atoms in total. The molecule has 4 rings (SSSR count). The number of amides is 6. The van der Waals surface area contributed by atoms with E-state index in [9.17, 15) is 28.8 Å². The maximum atomic E-state index is 14.8. The number of Topliss-reactive ketones (excluding diaryl/α,β-unsaturated/α-hetero) is 1. The molecular formula is C38H64N6O6. The first-order valence-electron chi connectivity index (χ1n) is 19.2. The molecule has 2 heterocycles. The molecule has 6 atom stereocenters. The number of piperidine rings is 2. The van der Waals surface area contributed by atoms with Gasteiger partial charge in [0, 0.05) is 32.6 Å². The van der Waals surface area contributed by atoms with Crippen LogP contribution in [0.15, 0.2) is 0 Å². The number of carbonyl (C=O) groups excluding carboxylic acids is 6. The summed E-state index contributed by atoms with van der Waals surface area (Å²) in [5.74, 6) is -2.01. The highest BCUT2D eigenvalue weighted by molar-refractivity contribution is 6.38. The maximum Gasteiger partial charge on any atom is 0.315 e. The van der Waals surface area contributed by atoms with E-state index in [-0.39, 0.29) is 40.5 Å². The summed E-state index contributed by atoms with van der Waals surface area (Å²) in [5, 5.41) is 11.7. The van der Waals surface area contributed by atoms with Gasteiger partial charge in [0.15, 0.2) is 0 Å². The number of likely N-dealkylation sites (N-methyl/N-ethyl adjacent to an activating group) is 1. The first-order chi connectivity index (χ1) is 23.5. The maximum absolute atomic E-state index is 14.8. The van der Waals surface area contributed by atoms with Crippen LogP contribution in [-0.4, -0.2) is 95.6 Å². The molecule has 0 aromatic heterocycles. The van der Waals surface area contributed by atoms with Crippen LogP contribution in [0.1, 0.15) is 126 Å². The predicted molar refractivity (Wildman–Crippen MR) is 192 cm³/mol. The Morgan fingerprint density at radius 1 is 0.920 bits per heavy atom. The SMILES string of the molecule is CCCCC(NC(=O)[C@@H]1[C@@H]2[C@H](CN1C(=O)[C@@H](NC(=O)N[C@H](CN1CCCCC1=O)C(C)(C)C)C1(C)CCCCC1)C2(C)C)C(=O)C(=O)NCC. The fourth-order valence-electron chi connectivity index (χ4n) is 8.64. The van der Waals surface area contributed by atoms with Crippen molar-refractivity contribution in [2.75, 3.05) is 26.2 Å². The van der Waals surface area contributed by atoms with Gasteiger partial charge in [-0.3, -0.25) is 24.0 Å². The Morgan fingerprint density at radius 3 is 2.20 bits per heavy atom. The highest BCUT2D eigenvalue weighted by Gasteiger charge is 2.70. The lowest BCUT2D eigenvalue weighted by Gasteiger charge is -2.44. The van der Waals surface area contributed by atoms with Gasteiger partial charge in [-0.2, -0.15) is 0 Å². The molecule has 4 N–H and O–H groups in total. The molecule has 4 aliphatic rings. The second-order valence-corrected chi connectivity index (χ2v) is 17.3. The number of nitrogens with zero attached hydrogens (tertiary/aromatic N) is 2. The van der Waals surface area contributed by atoms with Gasteiger partial charge in [-0.05, 0) is 67.1 Å². The van der Waals surface area contributed by atoms with Crippen molar-refractivity contribution in [2.45, 2.75) is 150 Å². The van der Waals surface area contributed by atoms with E-state index >= 15 is 0 Å². The van der Waals surface area contributed by atoms with Crippen molar-refractivity contribution in [1.29, 1.82) is 0 Å². The molecule has 2 saturated heterocycles. The number of unbranched alkanes of at least 4 members (excludes halogenated alkanes) is 1. The van der Waals surface area contributed by atoms with Gasteiger partial charge < -0.3 is 31.1 Å². The molecule has 2 aliphatic heterocycles. The molecule has 0 radical (unpaired) electrons. The van der Waals surface area contributed by atoms with Crippen molar-refractivity contribution < 1.29 is 28.8 Å². The zero-order valence-electron chi connectivity index (χ0n) is 31.9. The standard InChI is InChI=1S/C38H64N6O6/c1-9-11-17-25(30(46)33(48)39-10-2)40-32(47)29-28-24(37(28,6)7)22-44(29)34(49)31(38(8)19-14-12-15-20-38)42-35(50)41-26(36(3,4)5)23-43-21-16-13-18-27(43)45/h24-26,28-29,31H,9-23H2,1-8H3,(H,39,48)(H,40,47)(H2,41,42,50)/t24-,25?,26+,28-,29-,31+/m0/s1. The van der Waals surface area contributed by atoms with Crippen LogP contribution in [0.2, 0.25) is 0 Å². The van der Waals surface area contributed by atoms with Crippen LogP contribution in [0.25, 0.3) is 0 Å². The number of rotatable bonds is 14. The molecule has 0 bridgehead atoms. The summed E-state index contributed by atoms with van der Waals surface area (Å²) < 4.78 is 0. The second-order valence-electron chi connectivity index (χ2n) is 17.3. The summed E-state index contributed by atoms with van der Waals surface area (Å²) in [6, 6.07) is -3.48. The minimum absolute atomic E-state index is 0.0972. The Kier molecular flexibility index (Phi) is 12.7. The minimum Gasteiger partial charge on any atom is -0.350 e. The van der Waals surface area contributed by atoms with Crippen LogP contribution in [-0.2, 0) is 24.0 Å². The molecular weight excluding hydrogens is 636 g/mol. The lowest BCUT2D eigenvalue weighted by molar-refractivity contribution is -0.146. The molecule has 2 aliphatic carbocycles. The zero-order valence-corrected chi connectivity index (χ0v) is 31.9. The van der Waals surface area contributed by atoms with Crippen molar-refractivity contribution in [3.8, 4) is 0 Å². The van der Waals surface area contributed by atoms with E-state index < -0.39 is 47.2 Å². The lowest BCUT2D eigenvalue weighted by atomic mass is 9.70. The van der Waals surface area contributed by atoms with Crippen LogP contribution < -0.4 is 21.3 Å². The van der Waals surface area contributed by atoms with Crippen LogP contribution in [0.4, 0.5) is 4.79 Å². The zero-order chi connectivity index (χ0) is 37.0. The molecule has 0 aromatic carbocycles. The summed E-state index contributed by atoms with van der Waals surface area (Å²) in [4.78, 5) is 84.7. The van der Waals surface area contributed by atoms with E-state index in [1.54, 1.807) is 11.8 Å². The largest absolute Gasteiger partial charge is 0.350 e. The first-order valence-corrected chi connectivity index (χ1v) is 19.2. The van der Waals surface area contributed by atoms with Crippen molar-refractivity contribution in [3.05, 3.63) is 0 Å². The third kappa shape index (κ3) is 8.81. The smallest absolute Gasteiger partial charge is 0.315 e. The van der Waals surface area contributed by atoms with Crippen molar-refractivity contribution in [3.63, 3.8) is 0 Å². The average Bonchev–Trinajstić information content (AvgIpc) is 3.36. The van der Waals surface area contributed by atoms with Gasteiger partial charge in [0.1, 0.15) is 12.1 Å². The number of hydrogen-bond acceptors (Lipinski definition) is 6. The first kappa shape index (κ1) is 39.6. The lowest BCUT2D eigenvalue weighted by Crippen LogP contribution is -2.64. The number of urea groups is 1. The number of hydrogen-bond donors (Lipinski definition) is 4. The molecule has 2 saturated carbocycles. The van der Waals surface area contributed by atoms with Gasteiger partial charge in [-0.15, -0.1) is 0 Å². The molecule has 0 aromatic rings. The Labute approximate surface area is 299 Å². The summed E-state index contributed by atoms with van der Waals surface area (Å²) >= 11 is 0. The van der Waals surface area contributed by atoms with Crippen LogP contribution in [0.3, 0.4) is 0 Å². The van der Waals surface area contributed by atoms with Crippen molar-refractivity contribution in [2.24, 2.45) is 28.1 Å². The molecule has 0 spiro atoms. The highest BCUT2D eigenvalue weighted by Crippen LogP contribution is 2.65. The van der Waals surface area contributed by atoms with Crippen LogP contribution >= 0.6 is 0 Å². The second kappa shape index (κ2) is 16.0. The molecule has 1 unspecified atom stereocenters. The summed E-state index contributed by atoms with van der Waals surface area (Å²) in [6.45, 7) is 17.8. The van der Waals surface area contributed by atoms with Gasteiger partial charge >= 0.3 is 6.03 Å². The molecule has 282 valence electrons. The number of nitrogens with one attached hydrogen (secondary N) is 4. The van der Waals surface area contributed by atoms with Crippen LogP contribution in [0.5, 0.6) is 0 Å². The average molecular weight is 701 g/mol. The molecule has 12 heteroatoms. The molecule has 4 fully saturated rings. The number of carbonyl (C=O) groups is 6. The molecule has 6 amide bonds. The van der Waals surface area contributed by atoms with E-state index in [0.717, 1.165) is 51.4 Å². The predicted octanol–water partition coefficient (Wildman–Crippen LogP) is 3.92. The molecule has 50 heavy (non-hydrogen) atoms. The normalized spacial score (nSPS) is 25.8. The monoisotopic (exact) mass is 700 g/mol. The number of ketones is 1. The quantitative estimate of drug-likeness (QED) is 0.201. The van der Waals surface area contributed by atoms with Crippen LogP contribution in [0, 0.1) is 28.1 Å². The Bertz CT molecular complexity index is 1290.